The van der Waals surface area contributed by atoms with Gasteiger partial charge in [0.25, 0.3) is 0 Å². The molecule has 2 rings (SSSR count). The van der Waals surface area contributed by atoms with E-state index >= 15 is 0 Å². The molecule has 0 saturated carbocycles. The Morgan fingerprint density at radius 1 is 1.44 bits per heavy atom. The van der Waals surface area contributed by atoms with Crippen LogP contribution in [-0.4, -0.2) is 19.7 Å². The summed E-state index contributed by atoms with van der Waals surface area (Å²) in [6.07, 6.45) is 1.81. The van der Waals surface area contributed by atoms with Gasteiger partial charge in [0.2, 0.25) is 0 Å². The highest BCUT2D eigenvalue weighted by Gasteiger charge is 2.17. The van der Waals surface area contributed by atoms with Gasteiger partial charge in [-0.2, -0.15) is 0 Å². The molecule has 0 aliphatic heterocycles. The van der Waals surface area contributed by atoms with Gasteiger partial charge in [0.15, 0.2) is 0 Å². The largest absolute Gasteiger partial charge is 0.383 e. The lowest BCUT2D eigenvalue weighted by molar-refractivity contribution is 0.222. The van der Waals surface area contributed by atoms with E-state index in [2.05, 4.69) is 14.6 Å². The average molecular weight is 235 g/mol. The van der Waals surface area contributed by atoms with Gasteiger partial charge in [-0.3, -0.25) is 4.98 Å². The number of pyridine rings is 1. The van der Waals surface area contributed by atoms with Gasteiger partial charge in [-0.1, -0.05) is 17.5 Å². The van der Waals surface area contributed by atoms with E-state index < -0.39 is 6.10 Å². The molecule has 5 heteroatoms. The summed E-state index contributed by atoms with van der Waals surface area (Å²) < 4.78 is 3.87. The third-order valence-corrected chi connectivity index (χ3v) is 3.24. The van der Waals surface area contributed by atoms with E-state index in [1.165, 1.54) is 11.5 Å². The van der Waals surface area contributed by atoms with Gasteiger partial charge in [0.1, 0.15) is 6.10 Å². The van der Waals surface area contributed by atoms with Gasteiger partial charge in [-0.05, 0) is 30.9 Å². The Hall–Kier alpha value is -1.33. The number of hydrogen-bond donors (Lipinski definition) is 1. The molecule has 2 aromatic rings. The first-order valence-electron chi connectivity index (χ1n) is 5.14. The number of aryl methyl sites for hydroxylation is 2. The maximum Gasteiger partial charge on any atom is 0.118 e. The van der Waals surface area contributed by atoms with Crippen molar-refractivity contribution in [3.63, 3.8) is 0 Å². The van der Waals surface area contributed by atoms with Crippen LogP contribution < -0.4 is 0 Å². The number of aliphatic hydroxyl groups excluding tert-OH is 1. The molecule has 0 aromatic carbocycles. The van der Waals surface area contributed by atoms with Crippen molar-refractivity contribution in [1.82, 2.24) is 14.6 Å². The van der Waals surface area contributed by atoms with Crippen LogP contribution in [0.1, 0.15) is 34.9 Å². The predicted molar refractivity (Wildman–Crippen MR) is 62.3 cm³/mol. The molecule has 1 atom stereocenters. The van der Waals surface area contributed by atoms with Gasteiger partial charge in [0.05, 0.1) is 10.6 Å². The van der Waals surface area contributed by atoms with Crippen LogP contribution in [0.15, 0.2) is 18.3 Å². The normalized spacial score (nSPS) is 12.7. The molecular weight excluding hydrogens is 222 g/mol. The maximum atomic E-state index is 10.2. The molecule has 1 unspecified atom stereocenters. The first-order valence-corrected chi connectivity index (χ1v) is 5.91. The predicted octanol–water partition coefficient (Wildman–Crippen LogP) is 1.89. The molecule has 0 radical (unpaired) electrons. The molecule has 84 valence electrons. The SMILES string of the molecule is CCc1nnsc1C(O)c1ccc(C)nc1. The summed E-state index contributed by atoms with van der Waals surface area (Å²) in [6, 6.07) is 3.77. The van der Waals surface area contributed by atoms with Crippen LogP contribution in [0.5, 0.6) is 0 Å². The second-order valence-electron chi connectivity index (χ2n) is 3.57. The molecule has 0 spiro atoms. The molecule has 0 fully saturated rings. The zero-order chi connectivity index (χ0) is 11.5. The summed E-state index contributed by atoms with van der Waals surface area (Å²) >= 11 is 1.24. The van der Waals surface area contributed by atoms with Crippen molar-refractivity contribution in [3.8, 4) is 0 Å². The van der Waals surface area contributed by atoms with Crippen LogP contribution in [0.25, 0.3) is 0 Å². The van der Waals surface area contributed by atoms with Crippen molar-refractivity contribution in [2.75, 3.05) is 0 Å². The van der Waals surface area contributed by atoms with Crippen LogP contribution in [0, 0.1) is 6.92 Å². The standard InChI is InChI=1S/C11H13N3OS/c1-3-9-11(16-14-13-9)10(15)8-5-4-7(2)12-6-8/h4-6,10,15H,3H2,1-2H3. The van der Waals surface area contributed by atoms with Crippen molar-refractivity contribution < 1.29 is 5.11 Å². The van der Waals surface area contributed by atoms with E-state index in [1.54, 1.807) is 6.20 Å². The molecule has 0 aliphatic rings. The summed E-state index contributed by atoms with van der Waals surface area (Å²) in [5.74, 6) is 0. The zero-order valence-corrected chi connectivity index (χ0v) is 10.0. The molecule has 4 nitrogen and oxygen atoms in total. The lowest BCUT2D eigenvalue weighted by Gasteiger charge is -2.09. The second kappa shape index (κ2) is 4.67. The van der Waals surface area contributed by atoms with Crippen molar-refractivity contribution in [1.29, 1.82) is 0 Å². The zero-order valence-electron chi connectivity index (χ0n) is 9.21. The highest BCUT2D eigenvalue weighted by molar-refractivity contribution is 7.05. The molecule has 0 saturated heterocycles. The lowest BCUT2D eigenvalue weighted by atomic mass is 10.1. The Bertz CT molecular complexity index is 466. The lowest BCUT2D eigenvalue weighted by Crippen LogP contribution is -2.01. The Morgan fingerprint density at radius 2 is 2.25 bits per heavy atom. The fourth-order valence-electron chi connectivity index (χ4n) is 1.46. The van der Waals surface area contributed by atoms with E-state index in [1.807, 2.05) is 26.0 Å². The minimum absolute atomic E-state index is 0.664. The monoisotopic (exact) mass is 235 g/mol. The third-order valence-electron chi connectivity index (χ3n) is 2.42. The van der Waals surface area contributed by atoms with Gasteiger partial charge in [-0.15, -0.1) is 5.10 Å². The van der Waals surface area contributed by atoms with Crippen LogP contribution in [0.2, 0.25) is 0 Å². The van der Waals surface area contributed by atoms with E-state index in [-0.39, 0.29) is 0 Å². The van der Waals surface area contributed by atoms with Crippen LogP contribution in [0.4, 0.5) is 0 Å². The van der Waals surface area contributed by atoms with Crippen molar-refractivity contribution in [3.05, 3.63) is 40.2 Å². The van der Waals surface area contributed by atoms with Gasteiger partial charge >= 0.3 is 0 Å². The Kier molecular flexibility index (Phi) is 3.26. The quantitative estimate of drug-likeness (QED) is 0.882. The summed E-state index contributed by atoms with van der Waals surface area (Å²) in [6.45, 7) is 3.92. The molecule has 0 bridgehead atoms. The fraction of sp³-hybridized carbons (Fsp3) is 0.364. The van der Waals surface area contributed by atoms with E-state index in [0.717, 1.165) is 28.2 Å². The van der Waals surface area contributed by atoms with Crippen molar-refractivity contribution >= 4 is 11.5 Å². The molecule has 0 aliphatic carbocycles. The van der Waals surface area contributed by atoms with Gasteiger partial charge in [0, 0.05) is 17.5 Å². The molecule has 1 N–H and O–H groups in total. The molecule has 2 heterocycles. The Labute approximate surface area is 98.2 Å². The molecule has 2 aromatic heterocycles. The summed E-state index contributed by atoms with van der Waals surface area (Å²) in [7, 11) is 0. The minimum atomic E-state index is -0.664. The Balaban J connectivity index is 2.31. The van der Waals surface area contributed by atoms with Crippen LogP contribution in [-0.2, 0) is 6.42 Å². The number of aliphatic hydroxyl groups is 1. The first kappa shape index (κ1) is 11.2. The number of hydrogen-bond acceptors (Lipinski definition) is 5. The van der Waals surface area contributed by atoms with Gasteiger partial charge in [-0.25, -0.2) is 0 Å². The minimum Gasteiger partial charge on any atom is -0.383 e. The molecule has 0 amide bonds. The fourth-order valence-corrected chi connectivity index (χ4v) is 2.21. The second-order valence-corrected chi connectivity index (χ2v) is 4.36. The average Bonchev–Trinajstić information content (AvgIpc) is 2.77. The number of rotatable bonds is 3. The van der Waals surface area contributed by atoms with Crippen molar-refractivity contribution in [2.24, 2.45) is 0 Å². The maximum absolute atomic E-state index is 10.2. The van der Waals surface area contributed by atoms with E-state index in [0.29, 0.717) is 0 Å². The smallest absolute Gasteiger partial charge is 0.118 e. The Morgan fingerprint density at radius 3 is 2.88 bits per heavy atom. The first-order chi connectivity index (χ1) is 7.72. The van der Waals surface area contributed by atoms with Crippen molar-refractivity contribution in [2.45, 2.75) is 26.4 Å². The molecular formula is C11H13N3OS. The highest BCUT2D eigenvalue weighted by Crippen LogP contribution is 2.26. The molecule has 16 heavy (non-hydrogen) atoms. The number of nitrogens with zero attached hydrogens (tertiary/aromatic N) is 3. The topological polar surface area (TPSA) is 58.9 Å². The summed E-state index contributed by atoms with van der Waals surface area (Å²) in [5.41, 5.74) is 2.58. The van der Waals surface area contributed by atoms with Crippen LogP contribution in [0.3, 0.4) is 0 Å². The highest BCUT2D eigenvalue weighted by atomic mass is 32.1. The van der Waals surface area contributed by atoms with Crippen LogP contribution >= 0.6 is 11.5 Å². The third kappa shape index (κ3) is 2.10. The van der Waals surface area contributed by atoms with E-state index in [9.17, 15) is 5.11 Å². The summed E-state index contributed by atoms with van der Waals surface area (Å²) in [5, 5.41) is 14.2. The summed E-state index contributed by atoms with van der Waals surface area (Å²) in [4.78, 5) is 4.98. The van der Waals surface area contributed by atoms with E-state index in [4.69, 9.17) is 0 Å². The van der Waals surface area contributed by atoms with Gasteiger partial charge < -0.3 is 5.11 Å². The number of aromatic nitrogens is 3.